The molecule has 1 unspecified atom stereocenters. The van der Waals surface area contributed by atoms with E-state index < -0.39 is 0 Å². The highest BCUT2D eigenvalue weighted by Gasteiger charge is 2.13. The van der Waals surface area contributed by atoms with E-state index in [-0.39, 0.29) is 17.9 Å². The molecule has 104 valence electrons. The van der Waals surface area contributed by atoms with Gasteiger partial charge in [-0.05, 0) is 18.6 Å². The Balaban J connectivity index is 2.84. The quantitative estimate of drug-likeness (QED) is 0.877. The van der Waals surface area contributed by atoms with E-state index in [2.05, 4.69) is 10.6 Å². The zero-order chi connectivity index (χ0) is 14.4. The van der Waals surface area contributed by atoms with E-state index in [1.54, 1.807) is 26.2 Å². The molecule has 0 aliphatic rings. The normalized spacial score (nSPS) is 11.6. The molecule has 1 rings (SSSR count). The minimum atomic E-state index is -0.231. The largest absolute Gasteiger partial charge is 0.331 e. The lowest BCUT2D eigenvalue weighted by Crippen LogP contribution is -2.28. The van der Waals surface area contributed by atoms with Crippen LogP contribution in [0.2, 0.25) is 0 Å². The highest BCUT2D eigenvalue weighted by molar-refractivity contribution is 5.99. The molecule has 1 aromatic carbocycles. The Morgan fingerprint density at radius 2 is 1.68 bits per heavy atom. The lowest BCUT2D eigenvalue weighted by atomic mass is 10.1. The second kappa shape index (κ2) is 6.78. The molecule has 0 fully saturated rings. The molecule has 0 radical (unpaired) electrons. The van der Waals surface area contributed by atoms with Gasteiger partial charge in [0.15, 0.2) is 0 Å². The predicted octanol–water partition coefficient (Wildman–Crippen LogP) is 2.76. The molecule has 3 amide bonds. The molecule has 0 saturated heterocycles. The Labute approximate surface area is 114 Å². The van der Waals surface area contributed by atoms with Crippen LogP contribution < -0.4 is 10.6 Å². The molecule has 0 aliphatic carbocycles. The number of nitrogens with zero attached hydrogens (tertiary/aromatic N) is 1. The third-order valence-corrected chi connectivity index (χ3v) is 2.89. The van der Waals surface area contributed by atoms with Gasteiger partial charge in [0.25, 0.3) is 0 Å². The van der Waals surface area contributed by atoms with Crippen molar-refractivity contribution < 1.29 is 9.59 Å². The van der Waals surface area contributed by atoms with Gasteiger partial charge in [0.1, 0.15) is 0 Å². The number of rotatable bonds is 4. The smallest absolute Gasteiger partial charge is 0.321 e. The number of carbonyl (C=O) groups is 2. The average molecular weight is 263 g/mol. The van der Waals surface area contributed by atoms with Crippen molar-refractivity contribution in [3.05, 3.63) is 24.3 Å². The first-order valence-electron chi connectivity index (χ1n) is 6.34. The number of hydrogen-bond acceptors (Lipinski definition) is 2. The van der Waals surface area contributed by atoms with Gasteiger partial charge >= 0.3 is 6.03 Å². The number of urea groups is 1. The van der Waals surface area contributed by atoms with E-state index in [0.29, 0.717) is 11.4 Å². The van der Waals surface area contributed by atoms with Crippen LogP contribution in [0.4, 0.5) is 16.2 Å². The van der Waals surface area contributed by atoms with Crippen LogP contribution >= 0.6 is 0 Å². The number of benzene rings is 1. The first-order valence-corrected chi connectivity index (χ1v) is 6.34. The van der Waals surface area contributed by atoms with Crippen LogP contribution in [-0.4, -0.2) is 30.9 Å². The Morgan fingerprint density at radius 1 is 1.16 bits per heavy atom. The summed E-state index contributed by atoms with van der Waals surface area (Å²) >= 11 is 0. The summed E-state index contributed by atoms with van der Waals surface area (Å²) in [6.07, 6.45) is 0.776. The lowest BCUT2D eigenvalue weighted by molar-refractivity contribution is -0.119. The fourth-order valence-electron chi connectivity index (χ4n) is 1.37. The second-order valence-electron chi connectivity index (χ2n) is 4.67. The molecular formula is C14H21N3O2. The minimum Gasteiger partial charge on any atom is -0.331 e. The molecule has 2 N–H and O–H groups in total. The van der Waals surface area contributed by atoms with Crippen molar-refractivity contribution in [3.8, 4) is 0 Å². The molecule has 0 heterocycles. The maximum Gasteiger partial charge on any atom is 0.321 e. The Kier molecular flexibility index (Phi) is 5.36. The van der Waals surface area contributed by atoms with E-state index in [4.69, 9.17) is 0 Å². The Morgan fingerprint density at radius 3 is 2.16 bits per heavy atom. The van der Waals surface area contributed by atoms with Crippen LogP contribution in [0.25, 0.3) is 0 Å². The summed E-state index contributed by atoms with van der Waals surface area (Å²) in [7, 11) is 3.32. The number of nitrogens with one attached hydrogen (secondary N) is 2. The van der Waals surface area contributed by atoms with Gasteiger partial charge in [-0.15, -0.1) is 0 Å². The number of anilines is 2. The van der Waals surface area contributed by atoms with Gasteiger partial charge < -0.3 is 15.5 Å². The zero-order valence-electron chi connectivity index (χ0n) is 11.9. The van der Waals surface area contributed by atoms with Crippen LogP contribution in [-0.2, 0) is 4.79 Å². The molecule has 0 spiro atoms. The van der Waals surface area contributed by atoms with Crippen LogP contribution in [0.5, 0.6) is 0 Å². The highest BCUT2D eigenvalue weighted by Crippen LogP contribution is 2.22. The van der Waals surface area contributed by atoms with Gasteiger partial charge in [-0.2, -0.15) is 0 Å². The number of amides is 3. The van der Waals surface area contributed by atoms with Gasteiger partial charge in [0, 0.05) is 20.0 Å². The van der Waals surface area contributed by atoms with Crippen LogP contribution in [0.3, 0.4) is 0 Å². The van der Waals surface area contributed by atoms with Crippen molar-refractivity contribution in [2.45, 2.75) is 20.3 Å². The maximum atomic E-state index is 11.9. The van der Waals surface area contributed by atoms with E-state index in [0.717, 1.165) is 6.42 Å². The van der Waals surface area contributed by atoms with E-state index in [1.165, 1.54) is 4.90 Å². The predicted molar refractivity (Wildman–Crippen MR) is 77.2 cm³/mol. The molecule has 0 bridgehead atoms. The summed E-state index contributed by atoms with van der Waals surface area (Å²) in [5.41, 5.74) is 1.21. The number of carbonyl (C=O) groups excluding carboxylic acids is 2. The van der Waals surface area contributed by atoms with Crippen molar-refractivity contribution in [3.63, 3.8) is 0 Å². The minimum absolute atomic E-state index is 0.0472. The van der Waals surface area contributed by atoms with Gasteiger partial charge in [0.05, 0.1) is 11.4 Å². The van der Waals surface area contributed by atoms with Crippen molar-refractivity contribution in [2.24, 2.45) is 5.92 Å². The number of para-hydroxylation sites is 2. The Hall–Kier alpha value is -2.04. The van der Waals surface area contributed by atoms with Crippen LogP contribution in [0.1, 0.15) is 20.3 Å². The summed E-state index contributed by atoms with van der Waals surface area (Å²) in [4.78, 5) is 25.0. The first kappa shape index (κ1) is 15.0. The molecule has 1 atom stereocenters. The second-order valence-corrected chi connectivity index (χ2v) is 4.67. The van der Waals surface area contributed by atoms with Gasteiger partial charge in [-0.3, -0.25) is 4.79 Å². The molecule has 0 aliphatic heterocycles. The maximum absolute atomic E-state index is 11.9. The van der Waals surface area contributed by atoms with Gasteiger partial charge in [0.2, 0.25) is 5.91 Å². The molecule has 1 aromatic rings. The molecule has 5 heteroatoms. The summed E-state index contributed by atoms with van der Waals surface area (Å²) < 4.78 is 0. The van der Waals surface area contributed by atoms with Crippen molar-refractivity contribution >= 4 is 23.3 Å². The van der Waals surface area contributed by atoms with Gasteiger partial charge in [-0.1, -0.05) is 26.0 Å². The van der Waals surface area contributed by atoms with E-state index >= 15 is 0 Å². The van der Waals surface area contributed by atoms with Crippen molar-refractivity contribution in [2.75, 3.05) is 24.7 Å². The molecule has 19 heavy (non-hydrogen) atoms. The first-order chi connectivity index (χ1) is 8.95. The highest BCUT2D eigenvalue weighted by atomic mass is 16.2. The number of hydrogen-bond donors (Lipinski definition) is 2. The topological polar surface area (TPSA) is 61.4 Å². The van der Waals surface area contributed by atoms with E-state index in [1.807, 2.05) is 26.0 Å². The average Bonchev–Trinajstić information content (AvgIpc) is 2.39. The molecule has 5 nitrogen and oxygen atoms in total. The van der Waals surface area contributed by atoms with Crippen molar-refractivity contribution in [1.29, 1.82) is 0 Å². The van der Waals surface area contributed by atoms with E-state index in [9.17, 15) is 9.59 Å². The summed E-state index contributed by atoms with van der Waals surface area (Å²) in [5, 5.41) is 5.58. The lowest BCUT2D eigenvalue weighted by Gasteiger charge is -2.16. The van der Waals surface area contributed by atoms with Crippen LogP contribution in [0, 0.1) is 5.92 Å². The fraction of sp³-hybridized carbons (Fsp3) is 0.429. The SMILES string of the molecule is CCC(C)C(=O)Nc1ccccc1NC(=O)N(C)C. The third kappa shape index (κ3) is 4.28. The van der Waals surface area contributed by atoms with Crippen molar-refractivity contribution in [1.82, 2.24) is 4.90 Å². The summed E-state index contributed by atoms with van der Waals surface area (Å²) in [6.45, 7) is 3.83. The zero-order valence-corrected chi connectivity index (χ0v) is 11.9. The Bertz CT molecular complexity index is 458. The summed E-state index contributed by atoms with van der Waals surface area (Å²) in [5.74, 6) is -0.105. The molecular weight excluding hydrogens is 242 g/mol. The fourth-order valence-corrected chi connectivity index (χ4v) is 1.37. The summed E-state index contributed by atoms with van der Waals surface area (Å²) in [6, 6.07) is 6.92. The monoisotopic (exact) mass is 263 g/mol. The standard InChI is InChI=1S/C14H21N3O2/c1-5-10(2)13(18)15-11-8-6-7-9-12(11)16-14(19)17(3)4/h6-10H,5H2,1-4H3,(H,15,18)(H,16,19). The molecule has 0 saturated carbocycles. The molecule has 0 aromatic heterocycles. The third-order valence-electron chi connectivity index (χ3n) is 2.89. The van der Waals surface area contributed by atoms with Gasteiger partial charge in [-0.25, -0.2) is 4.79 Å². The van der Waals surface area contributed by atoms with Crippen LogP contribution in [0.15, 0.2) is 24.3 Å².